The highest BCUT2D eigenvalue weighted by molar-refractivity contribution is 7.90. The lowest BCUT2D eigenvalue weighted by molar-refractivity contribution is -0.132. The summed E-state index contributed by atoms with van der Waals surface area (Å²) in [6, 6.07) is 29.9. The first-order valence-electron chi connectivity index (χ1n) is 17.8. The monoisotopic (exact) mass is 736 g/mol. The van der Waals surface area contributed by atoms with Crippen LogP contribution in [0.25, 0.3) is 11.0 Å². The van der Waals surface area contributed by atoms with Crippen LogP contribution in [-0.2, 0) is 21.4 Å². The molecular formula is C40H41FN6O5S. The minimum absolute atomic E-state index is 0.0335. The van der Waals surface area contributed by atoms with Crippen LogP contribution in [0.15, 0.2) is 113 Å². The number of likely N-dealkylation sites (tertiary alicyclic amines) is 1. The van der Waals surface area contributed by atoms with Crippen molar-refractivity contribution in [2.45, 2.75) is 23.9 Å². The number of piperazine rings is 1. The molecule has 7 rings (SSSR count). The number of rotatable bonds is 12. The second-order valence-corrected chi connectivity index (χ2v) is 15.3. The molecule has 2 aliphatic heterocycles. The quantitative estimate of drug-likeness (QED) is 0.184. The number of alkyl halides is 1. The van der Waals surface area contributed by atoms with Crippen molar-refractivity contribution >= 4 is 27.0 Å². The smallest absolute Gasteiger partial charge is 0.344 e. The van der Waals surface area contributed by atoms with Gasteiger partial charge >= 0.3 is 5.69 Å². The lowest BCUT2D eigenvalue weighted by atomic mass is 10.0. The molecule has 2 fully saturated rings. The maximum atomic E-state index is 14.7. The summed E-state index contributed by atoms with van der Waals surface area (Å²) in [5.74, 6) is 0.206. The highest BCUT2D eigenvalue weighted by Gasteiger charge is 2.37. The third-order valence-corrected chi connectivity index (χ3v) is 11.8. The van der Waals surface area contributed by atoms with Crippen LogP contribution < -0.4 is 10.4 Å². The Bertz CT molecular complexity index is 2260. The Morgan fingerprint density at radius 1 is 0.868 bits per heavy atom. The Morgan fingerprint density at radius 3 is 2.23 bits per heavy atom. The number of imidazole rings is 1. The minimum Gasteiger partial charge on any atom is -0.491 e. The van der Waals surface area contributed by atoms with Gasteiger partial charge in [-0.1, -0.05) is 60.7 Å². The molecule has 0 aliphatic carbocycles. The van der Waals surface area contributed by atoms with Gasteiger partial charge in [0.25, 0.3) is 10.0 Å². The number of hydrogen-bond donors (Lipinski definition) is 0. The van der Waals surface area contributed by atoms with Gasteiger partial charge in [0.15, 0.2) is 0 Å². The van der Waals surface area contributed by atoms with Crippen molar-refractivity contribution < 1.29 is 22.3 Å². The summed E-state index contributed by atoms with van der Waals surface area (Å²) in [6.07, 6.45) is 0.812. The van der Waals surface area contributed by atoms with Gasteiger partial charge in [0, 0.05) is 52.4 Å². The Kier molecular flexibility index (Phi) is 10.7. The van der Waals surface area contributed by atoms with E-state index >= 15 is 0 Å². The van der Waals surface area contributed by atoms with Gasteiger partial charge in [-0.15, -0.1) is 0 Å². The molecule has 53 heavy (non-hydrogen) atoms. The molecule has 1 amide bonds. The molecule has 1 unspecified atom stereocenters. The summed E-state index contributed by atoms with van der Waals surface area (Å²) in [5, 5.41) is 9.79. The summed E-state index contributed by atoms with van der Waals surface area (Å²) < 4.78 is 48.1. The van der Waals surface area contributed by atoms with Crippen LogP contribution in [0, 0.1) is 17.2 Å². The van der Waals surface area contributed by atoms with E-state index in [9.17, 15) is 27.7 Å². The third kappa shape index (κ3) is 7.62. The topological polar surface area (TPSA) is 121 Å². The minimum atomic E-state index is -4.50. The largest absolute Gasteiger partial charge is 0.491 e. The van der Waals surface area contributed by atoms with Crippen LogP contribution in [0.5, 0.6) is 5.75 Å². The molecule has 2 atom stereocenters. The second kappa shape index (κ2) is 15.8. The van der Waals surface area contributed by atoms with E-state index in [0.717, 1.165) is 45.7 Å². The lowest BCUT2D eigenvalue weighted by Crippen LogP contribution is -2.47. The Balaban J connectivity index is 1.17. The summed E-state index contributed by atoms with van der Waals surface area (Å²) in [5.41, 5.74) is 1.28. The zero-order chi connectivity index (χ0) is 37.0. The molecule has 0 spiro atoms. The molecule has 0 saturated carbocycles. The van der Waals surface area contributed by atoms with Crippen LogP contribution in [0.2, 0.25) is 0 Å². The van der Waals surface area contributed by atoms with Crippen molar-refractivity contribution in [1.29, 1.82) is 5.26 Å². The average Bonchev–Trinajstić information content (AvgIpc) is 3.77. The fraction of sp³-hybridized carbons (Fsp3) is 0.325. The highest BCUT2D eigenvalue weighted by atomic mass is 32.2. The summed E-state index contributed by atoms with van der Waals surface area (Å²) in [6.45, 7) is 5.76. The molecule has 2 saturated heterocycles. The molecule has 4 aromatic carbocycles. The molecule has 5 aromatic rings. The van der Waals surface area contributed by atoms with Gasteiger partial charge in [-0.05, 0) is 65.9 Å². The second-order valence-electron chi connectivity index (χ2n) is 13.6. The average molecular weight is 737 g/mol. The number of nitriles is 1. The van der Waals surface area contributed by atoms with Gasteiger partial charge in [0.2, 0.25) is 5.91 Å². The summed E-state index contributed by atoms with van der Waals surface area (Å²) in [7, 11) is -4.50. The van der Waals surface area contributed by atoms with E-state index in [0.29, 0.717) is 22.6 Å². The Morgan fingerprint density at radius 2 is 1.55 bits per heavy atom. The molecule has 13 heteroatoms. The number of amides is 1. The van der Waals surface area contributed by atoms with Crippen LogP contribution >= 0.6 is 0 Å². The first-order chi connectivity index (χ1) is 25.8. The maximum Gasteiger partial charge on any atom is 0.344 e. The van der Waals surface area contributed by atoms with E-state index in [1.165, 1.54) is 52.6 Å². The van der Waals surface area contributed by atoms with Crippen LogP contribution in [0.1, 0.15) is 29.2 Å². The van der Waals surface area contributed by atoms with Gasteiger partial charge in [0.05, 0.1) is 27.6 Å². The molecule has 3 heterocycles. The van der Waals surface area contributed by atoms with E-state index in [1.54, 1.807) is 29.2 Å². The molecule has 0 radical (unpaired) electrons. The van der Waals surface area contributed by atoms with Gasteiger partial charge < -0.3 is 14.5 Å². The van der Waals surface area contributed by atoms with E-state index in [4.69, 9.17) is 4.74 Å². The number of fused-ring (bicyclic) bond motifs is 1. The van der Waals surface area contributed by atoms with E-state index in [2.05, 4.69) is 40.1 Å². The van der Waals surface area contributed by atoms with E-state index in [-0.39, 0.29) is 45.7 Å². The van der Waals surface area contributed by atoms with Gasteiger partial charge in [-0.2, -0.15) is 9.23 Å². The summed E-state index contributed by atoms with van der Waals surface area (Å²) >= 11 is 0. The number of benzene rings is 4. The van der Waals surface area contributed by atoms with Gasteiger partial charge in [-0.25, -0.2) is 17.6 Å². The number of carbonyl (C=O) groups excluding carboxylic acids is 1. The normalized spacial score (nSPS) is 17.5. The number of aromatic nitrogens is 2. The fourth-order valence-electron chi connectivity index (χ4n) is 7.44. The Hall–Kier alpha value is -5.29. The van der Waals surface area contributed by atoms with E-state index in [1.807, 2.05) is 12.1 Å². The molecule has 0 N–H and O–H groups in total. The van der Waals surface area contributed by atoms with Crippen molar-refractivity contribution in [3.8, 4) is 11.8 Å². The predicted molar refractivity (Wildman–Crippen MR) is 199 cm³/mol. The molecule has 0 bridgehead atoms. The number of carbonyl (C=O) groups is 1. The zero-order valence-corrected chi connectivity index (χ0v) is 30.1. The number of halogens is 1. The standard InChI is InChI=1S/C40H41FN6O5S/c41-18-24-52-34-12-14-35(15-13-34)53(50,51)47-36-16-11-31(26-42)25-37(36)46(40(47)49)38(33-9-5-2-6-10-33)39(48)45-19-17-32(29-45)28-44-22-20-43(21-23-44)27-30-7-3-1-4-8-30/h1-16,25,32,38H,17-24,27-29H2/t32-,38?/m1/s1. The van der Waals surface area contributed by atoms with Crippen LogP contribution in [0.3, 0.4) is 0 Å². The number of hydrogen-bond acceptors (Lipinski definition) is 8. The van der Waals surface area contributed by atoms with Gasteiger partial charge in [-0.3, -0.25) is 14.3 Å². The first-order valence-corrected chi connectivity index (χ1v) is 19.2. The maximum absolute atomic E-state index is 14.7. The van der Waals surface area contributed by atoms with Crippen molar-refractivity contribution in [1.82, 2.24) is 23.2 Å². The predicted octanol–water partition coefficient (Wildman–Crippen LogP) is 4.52. The molecular weight excluding hydrogens is 696 g/mol. The zero-order valence-electron chi connectivity index (χ0n) is 29.3. The van der Waals surface area contributed by atoms with Crippen LogP contribution in [0.4, 0.5) is 4.39 Å². The number of nitrogens with zero attached hydrogens (tertiary/aromatic N) is 6. The lowest BCUT2D eigenvalue weighted by Gasteiger charge is -2.36. The molecule has 1 aromatic heterocycles. The van der Waals surface area contributed by atoms with E-state index < -0.39 is 28.4 Å². The first kappa shape index (κ1) is 36.1. The highest BCUT2D eigenvalue weighted by Crippen LogP contribution is 2.30. The van der Waals surface area contributed by atoms with Crippen molar-refractivity contribution in [3.63, 3.8) is 0 Å². The third-order valence-electron chi connectivity index (χ3n) is 10.1. The molecule has 11 nitrogen and oxygen atoms in total. The van der Waals surface area contributed by atoms with Crippen molar-refractivity contribution in [3.05, 3.63) is 130 Å². The SMILES string of the molecule is N#Cc1ccc2c(c1)n(C(C(=O)N1CC[C@H](CN3CCN(Cc4ccccc4)CC3)C1)c1ccccc1)c(=O)n2S(=O)(=O)c1ccc(OCCF)cc1. The van der Waals surface area contributed by atoms with Crippen LogP contribution in [-0.4, -0.2) is 96.7 Å². The molecule has 274 valence electrons. The summed E-state index contributed by atoms with van der Waals surface area (Å²) in [4.78, 5) is 35.7. The van der Waals surface area contributed by atoms with Gasteiger partial charge in [0.1, 0.15) is 25.1 Å². The fourth-order valence-corrected chi connectivity index (χ4v) is 8.84. The number of ether oxygens (including phenoxy) is 1. The van der Waals surface area contributed by atoms with Crippen molar-refractivity contribution in [2.75, 3.05) is 59.1 Å². The van der Waals surface area contributed by atoms with Crippen molar-refractivity contribution in [2.24, 2.45) is 5.92 Å². The molecule has 2 aliphatic rings. The Labute approximate surface area is 308 Å².